The summed E-state index contributed by atoms with van der Waals surface area (Å²) in [5, 5.41) is 7.26. The Morgan fingerprint density at radius 3 is 3.00 bits per heavy atom. The third-order valence-corrected chi connectivity index (χ3v) is 6.77. The molecule has 0 bridgehead atoms. The van der Waals surface area contributed by atoms with Gasteiger partial charge in [-0.3, -0.25) is 13.8 Å². The van der Waals surface area contributed by atoms with Crippen molar-refractivity contribution < 1.29 is 0 Å². The number of thioether (sulfide) groups is 1. The molecule has 1 aliphatic carbocycles. The molecule has 138 valence electrons. The lowest BCUT2D eigenvalue weighted by atomic mass is 10.0. The third kappa shape index (κ3) is 3.25. The average Bonchev–Trinajstić information content (AvgIpc) is 3.18. The summed E-state index contributed by atoms with van der Waals surface area (Å²) >= 11 is 3.07. The lowest BCUT2D eigenvalue weighted by Gasteiger charge is -2.10. The van der Waals surface area contributed by atoms with Gasteiger partial charge < -0.3 is 0 Å². The Bertz CT molecular complexity index is 1050. The normalized spacial score (nSPS) is 14.0. The molecule has 1 N–H and O–H groups in total. The minimum absolute atomic E-state index is 0.00426. The van der Waals surface area contributed by atoms with E-state index >= 15 is 0 Å². The zero-order chi connectivity index (χ0) is 18.1. The molecule has 0 spiro atoms. The van der Waals surface area contributed by atoms with E-state index < -0.39 is 0 Å². The van der Waals surface area contributed by atoms with Crippen LogP contribution >= 0.6 is 23.1 Å². The maximum Gasteiger partial charge on any atom is 0.343 e. The number of nitrogens with zero attached hydrogens (tertiary/aromatic N) is 4. The number of rotatable bonds is 6. The Hall–Kier alpha value is -1.87. The number of aromatic amines is 1. The van der Waals surface area contributed by atoms with Gasteiger partial charge in [0.15, 0.2) is 10.1 Å². The molecule has 4 rings (SSSR count). The zero-order valence-corrected chi connectivity index (χ0v) is 16.3. The van der Waals surface area contributed by atoms with E-state index in [2.05, 4.69) is 17.1 Å². The number of H-pyrrole nitrogens is 1. The molecule has 26 heavy (non-hydrogen) atoms. The van der Waals surface area contributed by atoms with Gasteiger partial charge in [-0.1, -0.05) is 25.1 Å². The molecule has 0 unspecified atom stereocenters. The lowest BCUT2D eigenvalue weighted by molar-refractivity contribution is 0.573. The van der Waals surface area contributed by atoms with Crippen LogP contribution in [0.1, 0.15) is 48.9 Å². The van der Waals surface area contributed by atoms with Gasteiger partial charge in [-0.15, -0.1) is 16.4 Å². The molecule has 0 aliphatic heterocycles. The van der Waals surface area contributed by atoms with Crippen molar-refractivity contribution >= 4 is 28.1 Å². The average molecular weight is 392 g/mol. The summed E-state index contributed by atoms with van der Waals surface area (Å²) in [6, 6.07) is 1.61. The van der Waals surface area contributed by atoms with Crippen molar-refractivity contribution in [2.45, 2.75) is 62.9 Å². The predicted molar refractivity (Wildman–Crippen MR) is 103 cm³/mol. The molecular weight excluding hydrogens is 370 g/mol. The van der Waals surface area contributed by atoms with Gasteiger partial charge in [-0.2, -0.15) is 0 Å². The van der Waals surface area contributed by atoms with Crippen LogP contribution in [0.5, 0.6) is 0 Å². The first-order chi connectivity index (χ1) is 12.7. The van der Waals surface area contributed by atoms with E-state index in [0.717, 1.165) is 48.5 Å². The zero-order valence-electron chi connectivity index (χ0n) is 14.7. The van der Waals surface area contributed by atoms with Gasteiger partial charge in [0.2, 0.25) is 0 Å². The minimum Gasteiger partial charge on any atom is -0.270 e. The predicted octanol–water partition coefficient (Wildman–Crippen LogP) is 2.61. The van der Waals surface area contributed by atoms with Gasteiger partial charge in [0.25, 0.3) is 5.56 Å². The fraction of sp³-hybridized carbons (Fsp3) is 0.529. The third-order valence-electron chi connectivity index (χ3n) is 4.62. The quantitative estimate of drug-likeness (QED) is 0.653. The van der Waals surface area contributed by atoms with E-state index in [-0.39, 0.29) is 11.2 Å². The molecule has 0 saturated heterocycles. The van der Waals surface area contributed by atoms with Gasteiger partial charge in [-0.05, 0) is 32.1 Å². The molecule has 3 aromatic rings. The summed E-state index contributed by atoms with van der Waals surface area (Å²) in [6.45, 7) is 2.74. The van der Waals surface area contributed by atoms with Gasteiger partial charge in [-0.25, -0.2) is 14.9 Å². The molecule has 3 aromatic heterocycles. The van der Waals surface area contributed by atoms with Crippen molar-refractivity contribution in [3.05, 3.63) is 43.2 Å². The number of fused-ring (bicyclic) bond motifs is 3. The molecule has 0 radical (unpaired) electrons. The summed E-state index contributed by atoms with van der Waals surface area (Å²) in [6.07, 6.45) is 6.27. The topological polar surface area (TPSA) is 85.0 Å². The molecule has 3 heterocycles. The van der Waals surface area contributed by atoms with Gasteiger partial charge >= 0.3 is 5.69 Å². The first kappa shape index (κ1) is 17.5. The molecule has 1 aliphatic rings. The van der Waals surface area contributed by atoms with Crippen LogP contribution in [-0.2, 0) is 25.1 Å². The maximum atomic E-state index is 12.6. The molecule has 0 aromatic carbocycles. The van der Waals surface area contributed by atoms with Crippen molar-refractivity contribution in [1.29, 1.82) is 0 Å². The van der Waals surface area contributed by atoms with Crippen molar-refractivity contribution in [1.82, 2.24) is 24.1 Å². The number of hydrogen-bond acceptors (Lipinski definition) is 6. The number of aromatic nitrogens is 5. The number of hydrogen-bond donors (Lipinski definition) is 1. The molecule has 0 atom stereocenters. The number of thiazole rings is 1. The molecule has 0 fully saturated rings. The molecule has 0 saturated carbocycles. The monoisotopic (exact) mass is 391 g/mol. The van der Waals surface area contributed by atoms with Crippen LogP contribution < -0.4 is 11.2 Å². The number of aryl methyl sites for hydroxylation is 2. The highest BCUT2D eigenvalue weighted by atomic mass is 32.2. The summed E-state index contributed by atoms with van der Waals surface area (Å²) in [5.41, 5.74) is 1.69. The van der Waals surface area contributed by atoms with Crippen molar-refractivity contribution in [3.63, 3.8) is 0 Å². The summed E-state index contributed by atoms with van der Waals surface area (Å²) in [7, 11) is 0. The Morgan fingerprint density at radius 1 is 1.31 bits per heavy atom. The highest BCUT2D eigenvalue weighted by molar-refractivity contribution is 7.98. The fourth-order valence-corrected chi connectivity index (χ4v) is 5.38. The van der Waals surface area contributed by atoms with Gasteiger partial charge in [0.1, 0.15) is 0 Å². The van der Waals surface area contributed by atoms with Crippen LogP contribution in [0.25, 0.3) is 4.96 Å². The Kier molecular flexibility index (Phi) is 4.99. The van der Waals surface area contributed by atoms with E-state index in [1.54, 1.807) is 26.4 Å². The first-order valence-electron chi connectivity index (χ1n) is 8.98. The van der Waals surface area contributed by atoms with Crippen LogP contribution in [-0.4, -0.2) is 24.1 Å². The SMILES string of the molecule is CCCCn1c(SCc2cc(=O)n3c4c(sc3n2)CCCC4)n[nH]c1=O. The summed E-state index contributed by atoms with van der Waals surface area (Å²) in [4.78, 5) is 31.2. The van der Waals surface area contributed by atoms with Gasteiger partial charge in [0, 0.05) is 28.9 Å². The van der Waals surface area contributed by atoms with Crippen LogP contribution in [0, 0.1) is 0 Å². The highest BCUT2D eigenvalue weighted by Gasteiger charge is 2.18. The second-order valence-electron chi connectivity index (χ2n) is 6.49. The minimum atomic E-state index is -0.185. The van der Waals surface area contributed by atoms with Gasteiger partial charge in [0.05, 0.1) is 5.69 Å². The standard InChI is InChI=1S/C17H21N5O2S2/c1-2-3-8-21-15(24)19-20-17(21)25-10-11-9-14(23)22-12-6-4-5-7-13(12)26-16(22)18-11/h9H,2-8,10H2,1H3,(H,19,24). The van der Waals surface area contributed by atoms with Crippen molar-refractivity contribution in [3.8, 4) is 0 Å². The van der Waals surface area contributed by atoms with E-state index in [0.29, 0.717) is 17.5 Å². The van der Waals surface area contributed by atoms with Crippen LogP contribution in [0.4, 0.5) is 0 Å². The first-order valence-corrected chi connectivity index (χ1v) is 10.8. The molecule has 0 amide bonds. The summed E-state index contributed by atoms with van der Waals surface area (Å²) in [5.74, 6) is 0.519. The van der Waals surface area contributed by atoms with E-state index in [1.165, 1.54) is 23.1 Å². The second-order valence-corrected chi connectivity index (χ2v) is 8.49. The highest BCUT2D eigenvalue weighted by Crippen LogP contribution is 2.28. The number of nitrogens with one attached hydrogen (secondary N) is 1. The fourth-order valence-electron chi connectivity index (χ4n) is 3.28. The lowest BCUT2D eigenvalue weighted by Crippen LogP contribution is -2.18. The Morgan fingerprint density at radius 2 is 2.15 bits per heavy atom. The smallest absolute Gasteiger partial charge is 0.270 e. The van der Waals surface area contributed by atoms with E-state index in [4.69, 9.17) is 4.98 Å². The molecule has 9 heteroatoms. The summed E-state index contributed by atoms with van der Waals surface area (Å²) < 4.78 is 3.43. The molecular formula is C17H21N5O2S2. The Labute approximate surface area is 158 Å². The van der Waals surface area contributed by atoms with E-state index in [1.807, 2.05) is 0 Å². The largest absolute Gasteiger partial charge is 0.343 e. The molecule has 7 nitrogen and oxygen atoms in total. The van der Waals surface area contributed by atoms with Crippen molar-refractivity contribution in [2.24, 2.45) is 0 Å². The van der Waals surface area contributed by atoms with Crippen LogP contribution in [0.2, 0.25) is 0 Å². The second kappa shape index (κ2) is 7.40. The van der Waals surface area contributed by atoms with E-state index in [9.17, 15) is 9.59 Å². The van der Waals surface area contributed by atoms with Crippen LogP contribution in [0.3, 0.4) is 0 Å². The van der Waals surface area contributed by atoms with Crippen LogP contribution in [0.15, 0.2) is 20.8 Å². The number of unbranched alkanes of at least 4 members (excludes halogenated alkanes) is 1. The van der Waals surface area contributed by atoms with Crippen molar-refractivity contribution in [2.75, 3.05) is 0 Å². The maximum absolute atomic E-state index is 12.6. The Balaban J connectivity index is 1.59.